The number of nitrogens with zero attached hydrogens (tertiary/aromatic N) is 5. The Hall–Kier alpha value is -2.76. The molecular weight excluding hydrogens is 458 g/mol. The number of nitrogens with one attached hydrogen (secondary N) is 1. The topological polar surface area (TPSA) is 96.2 Å². The van der Waals surface area contributed by atoms with Gasteiger partial charge in [0.15, 0.2) is 34.4 Å². The SMILES string of the molecule is CCO[C@H]1C[C@@H](n2nnc3c(N[C@@H]4C[C@H]4c4ccc(F)c(F)c4)nc(C)nc32)[C@@H]2OC(C)(C)O[C@@H]21. The molecule has 1 aliphatic heterocycles. The molecule has 3 aliphatic rings. The van der Waals surface area contributed by atoms with Crippen LogP contribution in [0.25, 0.3) is 11.2 Å². The summed E-state index contributed by atoms with van der Waals surface area (Å²) < 4.78 is 47.2. The fraction of sp³-hybridized carbons (Fsp3) is 0.583. The van der Waals surface area contributed by atoms with E-state index in [0.29, 0.717) is 35.8 Å². The molecule has 9 nitrogen and oxygen atoms in total. The van der Waals surface area contributed by atoms with Crippen molar-refractivity contribution in [3.8, 4) is 0 Å². The molecule has 0 amide bonds. The molecule has 2 aromatic heterocycles. The summed E-state index contributed by atoms with van der Waals surface area (Å²) in [7, 11) is 0. The zero-order valence-corrected chi connectivity index (χ0v) is 20.0. The maximum absolute atomic E-state index is 13.7. The van der Waals surface area contributed by atoms with E-state index in [1.807, 2.05) is 27.7 Å². The van der Waals surface area contributed by atoms with Gasteiger partial charge in [0.2, 0.25) is 0 Å². The lowest BCUT2D eigenvalue weighted by molar-refractivity contribution is -0.170. The summed E-state index contributed by atoms with van der Waals surface area (Å²) in [6, 6.07) is 3.93. The third-order valence-corrected chi connectivity index (χ3v) is 7.00. The molecule has 1 saturated heterocycles. The van der Waals surface area contributed by atoms with Crippen molar-refractivity contribution in [2.45, 2.75) is 82.6 Å². The monoisotopic (exact) mass is 486 g/mol. The van der Waals surface area contributed by atoms with Crippen LogP contribution < -0.4 is 5.32 Å². The van der Waals surface area contributed by atoms with Crippen molar-refractivity contribution in [1.29, 1.82) is 0 Å². The Bertz CT molecular complexity index is 1280. The molecule has 186 valence electrons. The molecule has 11 heteroatoms. The Morgan fingerprint density at radius 3 is 2.71 bits per heavy atom. The van der Waals surface area contributed by atoms with Crippen LogP contribution in [-0.4, -0.2) is 61.7 Å². The highest BCUT2D eigenvalue weighted by molar-refractivity contribution is 5.82. The van der Waals surface area contributed by atoms with Gasteiger partial charge in [-0.15, -0.1) is 5.10 Å². The Morgan fingerprint density at radius 1 is 1.14 bits per heavy atom. The molecule has 0 radical (unpaired) electrons. The van der Waals surface area contributed by atoms with Crippen LogP contribution in [0.3, 0.4) is 0 Å². The lowest BCUT2D eigenvalue weighted by Gasteiger charge is -2.23. The van der Waals surface area contributed by atoms with E-state index in [0.717, 1.165) is 12.0 Å². The van der Waals surface area contributed by atoms with Crippen LogP contribution in [0.1, 0.15) is 57.0 Å². The molecule has 2 saturated carbocycles. The predicted molar refractivity (Wildman–Crippen MR) is 122 cm³/mol. The molecule has 0 unspecified atom stereocenters. The first kappa shape index (κ1) is 22.7. The number of fused-ring (bicyclic) bond motifs is 2. The minimum Gasteiger partial charge on any atom is -0.376 e. The van der Waals surface area contributed by atoms with Crippen LogP contribution in [0, 0.1) is 18.6 Å². The zero-order chi connectivity index (χ0) is 24.5. The summed E-state index contributed by atoms with van der Waals surface area (Å²) in [5.41, 5.74) is 1.92. The van der Waals surface area contributed by atoms with Crippen molar-refractivity contribution >= 4 is 17.0 Å². The summed E-state index contributed by atoms with van der Waals surface area (Å²) >= 11 is 0. The first-order valence-corrected chi connectivity index (χ1v) is 12.0. The molecule has 1 aromatic carbocycles. The van der Waals surface area contributed by atoms with Crippen molar-refractivity contribution in [2.24, 2.45) is 0 Å². The maximum Gasteiger partial charge on any atom is 0.184 e. The number of halogens is 2. The van der Waals surface area contributed by atoms with Crippen molar-refractivity contribution in [2.75, 3.05) is 11.9 Å². The molecule has 6 atom stereocenters. The fourth-order valence-corrected chi connectivity index (χ4v) is 5.43. The standard InChI is InChI=1S/C24H28F2N6O3/c1-5-33-18-10-17(20-21(18)35-24(3,4)34-20)32-23-19(30-31-32)22(27-11(2)28-23)29-16-9-13(16)12-6-7-14(25)15(26)8-12/h6-8,13,16-18,20-21H,5,9-10H2,1-4H3,(H,27,28,29)/t13-,16+,17+,18-,20-,21+/m0/s1. The van der Waals surface area contributed by atoms with Gasteiger partial charge in [0.25, 0.3) is 0 Å². The smallest absolute Gasteiger partial charge is 0.184 e. The van der Waals surface area contributed by atoms with Gasteiger partial charge < -0.3 is 19.5 Å². The second-order valence-corrected chi connectivity index (χ2v) is 9.95. The van der Waals surface area contributed by atoms with E-state index >= 15 is 0 Å². The van der Waals surface area contributed by atoms with Crippen LogP contribution in [-0.2, 0) is 14.2 Å². The van der Waals surface area contributed by atoms with Gasteiger partial charge in [-0.2, -0.15) is 0 Å². The number of benzene rings is 1. The first-order valence-electron chi connectivity index (χ1n) is 12.0. The van der Waals surface area contributed by atoms with Crippen LogP contribution in [0.5, 0.6) is 0 Å². The van der Waals surface area contributed by atoms with Crippen LogP contribution in [0.2, 0.25) is 0 Å². The number of hydrogen-bond donors (Lipinski definition) is 1. The second-order valence-electron chi connectivity index (χ2n) is 9.95. The van der Waals surface area contributed by atoms with Crippen LogP contribution in [0.15, 0.2) is 18.2 Å². The second kappa shape index (κ2) is 8.14. The van der Waals surface area contributed by atoms with Gasteiger partial charge in [-0.05, 0) is 51.8 Å². The normalized spacial score (nSPS) is 31.1. The molecule has 3 fully saturated rings. The summed E-state index contributed by atoms with van der Waals surface area (Å²) in [5.74, 6) is -1.17. The van der Waals surface area contributed by atoms with Crippen molar-refractivity contribution in [1.82, 2.24) is 25.0 Å². The van der Waals surface area contributed by atoms with Crippen LogP contribution in [0.4, 0.5) is 14.6 Å². The number of anilines is 1. The third kappa shape index (κ3) is 3.95. The minimum absolute atomic E-state index is 0.0353. The van der Waals surface area contributed by atoms with Crippen LogP contribution >= 0.6 is 0 Å². The molecule has 3 aromatic rings. The largest absolute Gasteiger partial charge is 0.376 e. The van der Waals surface area contributed by atoms with Gasteiger partial charge >= 0.3 is 0 Å². The van der Waals surface area contributed by atoms with Gasteiger partial charge in [0, 0.05) is 25.0 Å². The molecule has 0 spiro atoms. The van der Waals surface area contributed by atoms with E-state index in [1.54, 1.807) is 10.7 Å². The van der Waals surface area contributed by atoms with E-state index in [4.69, 9.17) is 14.2 Å². The molecule has 3 heterocycles. The Balaban J connectivity index is 1.28. The Morgan fingerprint density at radius 2 is 1.94 bits per heavy atom. The van der Waals surface area contributed by atoms with Crippen molar-refractivity contribution in [3.63, 3.8) is 0 Å². The lowest BCUT2D eigenvalue weighted by Crippen LogP contribution is -2.31. The van der Waals surface area contributed by atoms with Crippen molar-refractivity contribution < 1.29 is 23.0 Å². The number of aromatic nitrogens is 5. The summed E-state index contributed by atoms with van der Waals surface area (Å²) in [6.45, 7) is 8.17. The van der Waals surface area contributed by atoms with E-state index in [-0.39, 0.29) is 36.3 Å². The number of aryl methyl sites for hydroxylation is 1. The van der Waals surface area contributed by atoms with Gasteiger partial charge in [-0.3, -0.25) is 0 Å². The average molecular weight is 487 g/mol. The number of ether oxygens (including phenoxy) is 3. The van der Waals surface area contributed by atoms with Gasteiger partial charge in [-0.25, -0.2) is 23.4 Å². The Labute approximate surface area is 201 Å². The van der Waals surface area contributed by atoms with Gasteiger partial charge in [0.1, 0.15) is 18.0 Å². The maximum atomic E-state index is 13.7. The molecule has 0 bridgehead atoms. The molecule has 35 heavy (non-hydrogen) atoms. The molecule has 1 N–H and O–H groups in total. The highest BCUT2D eigenvalue weighted by Crippen LogP contribution is 2.46. The zero-order valence-electron chi connectivity index (χ0n) is 20.0. The van der Waals surface area contributed by atoms with E-state index < -0.39 is 17.4 Å². The van der Waals surface area contributed by atoms with E-state index in [1.165, 1.54) is 12.1 Å². The highest BCUT2D eigenvalue weighted by Gasteiger charge is 2.56. The first-order chi connectivity index (χ1) is 16.7. The molecular formula is C24H28F2N6O3. The summed E-state index contributed by atoms with van der Waals surface area (Å²) in [6.07, 6.45) is 0.911. The molecule has 2 aliphatic carbocycles. The van der Waals surface area contributed by atoms with Gasteiger partial charge in [-0.1, -0.05) is 11.3 Å². The summed E-state index contributed by atoms with van der Waals surface area (Å²) in [4.78, 5) is 9.21. The van der Waals surface area contributed by atoms with Gasteiger partial charge in [0.05, 0.1) is 12.1 Å². The average Bonchev–Trinajstić information content (AvgIpc) is 3.14. The predicted octanol–water partition coefficient (Wildman–Crippen LogP) is 3.65. The Kier molecular flexibility index (Phi) is 5.28. The third-order valence-electron chi connectivity index (χ3n) is 7.00. The number of hydrogen-bond acceptors (Lipinski definition) is 8. The summed E-state index contributed by atoms with van der Waals surface area (Å²) in [5, 5.41) is 12.3. The van der Waals surface area contributed by atoms with Crippen molar-refractivity contribution in [3.05, 3.63) is 41.2 Å². The molecule has 6 rings (SSSR count). The lowest BCUT2D eigenvalue weighted by atomic mass is 10.1. The number of rotatable bonds is 6. The quantitative estimate of drug-likeness (QED) is 0.564. The van der Waals surface area contributed by atoms with E-state index in [2.05, 4.69) is 25.6 Å². The minimum atomic E-state index is -0.843. The highest BCUT2D eigenvalue weighted by atomic mass is 19.2. The fourth-order valence-electron chi connectivity index (χ4n) is 5.43. The van der Waals surface area contributed by atoms with E-state index in [9.17, 15) is 8.78 Å².